The summed E-state index contributed by atoms with van der Waals surface area (Å²) in [5, 5.41) is 17.2. The zero-order chi connectivity index (χ0) is 11.1. The maximum atomic E-state index is 10.5. The zero-order valence-corrected chi connectivity index (χ0v) is 8.10. The maximum absolute atomic E-state index is 10.5. The summed E-state index contributed by atoms with van der Waals surface area (Å²) in [5.74, 6) is -2.21. The number of aliphatic carboxylic acids is 2. The second kappa shape index (κ2) is 6.33. The van der Waals surface area contributed by atoms with Crippen molar-refractivity contribution in [3.8, 4) is 0 Å². The topological polar surface area (TPSA) is 93.1 Å². The first kappa shape index (κ1) is 12.9. The molecule has 0 aromatic carbocycles. The molecule has 0 rings (SSSR count). The molecule has 2 atom stereocenters. The van der Waals surface area contributed by atoms with Crippen LogP contribution in [-0.2, 0) is 19.1 Å². The van der Waals surface area contributed by atoms with Gasteiger partial charge in [0.25, 0.3) is 0 Å². The number of rotatable bonds is 7. The maximum Gasteiger partial charge on any atom is 0.332 e. The molecule has 2 N–H and O–H groups in total. The minimum absolute atomic E-state index is 0.108. The first-order valence-electron chi connectivity index (χ1n) is 4.04. The van der Waals surface area contributed by atoms with Gasteiger partial charge >= 0.3 is 11.9 Å². The normalized spacial score (nSPS) is 14.7. The van der Waals surface area contributed by atoms with E-state index in [-0.39, 0.29) is 12.8 Å². The van der Waals surface area contributed by atoms with E-state index in [1.165, 1.54) is 14.2 Å². The van der Waals surface area contributed by atoms with Crippen LogP contribution in [0.1, 0.15) is 12.8 Å². The van der Waals surface area contributed by atoms with Gasteiger partial charge in [-0.05, 0) is 12.8 Å². The molecule has 0 amide bonds. The van der Waals surface area contributed by atoms with Crippen LogP contribution in [0.15, 0.2) is 0 Å². The minimum atomic E-state index is -1.10. The molecular weight excluding hydrogens is 192 g/mol. The van der Waals surface area contributed by atoms with E-state index in [2.05, 4.69) is 9.47 Å². The van der Waals surface area contributed by atoms with Crippen molar-refractivity contribution < 1.29 is 29.3 Å². The molecule has 0 aromatic rings. The van der Waals surface area contributed by atoms with Crippen LogP contribution in [-0.4, -0.2) is 48.6 Å². The number of carboxylic acids is 2. The standard InChI is InChI=1S/C8H14O6/c1-13-5(7(9)10)3-4-6(14-2)8(11)12/h5-6H,3-4H2,1-2H3,(H,9,10)(H,11,12). The van der Waals surface area contributed by atoms with Gasteiger partial charge in [0.05, 0.1) is 0 Å². The minimum Gasteiger partial charge on any atom is -0.479 e. The van der Waals surface area contributed by atoms with Crippen LogP contribution in [0.5, 0.6) is 0 Å². The van der Waals surface area contributed by atoms with Crippen LogP contribution < -0.4 is 0 Å². The predicted molar refractivity (Wildman–Crippen MR) is 46.1 cm³/mol. The number of hydrogen-bond acceptors (Lipinski definition) is 4. The Kier molecular flexibility index (Phi) is 5.82. The van der Waals surface area contributed by atoms with Crippen molar-refractivity contribution in [3.05, 3.63) is 0 Å². The summed E-state index contributed by atoms with van der Waals surface area (Å²) in [6, 6.07) is 0. The molecule has 0 saturated carbocycles. The van der Waals surface area contributed by atoms with Gasteiger partial charge in [-0.3, -0.25) is 0 Å². The fraction of sp³-hybridized carbons (Fsp3) is 0.750. The van der Waals surface area contributed by atoms with E-state index in [0.29, 0.717) is 0 Å². The quantitative estimate of drug-likeness (QED) is 0.607. The molecule has 6 nitrogen and oxygen atoms in total. The zero-order valence-electron chi connectivity index (χ0n) is 8.10. The Balaban J connectivity index is 4.00. The van der Waals surface area contributed by atoms with Crippen molar-refractivity contribution in [2.45, 2.75) is 25.0 Å². The van der Waals surface area contributed by atoms with Gasteiger partial charge in [-0.2, -0.15) is 0 Å². The Bertz CT molecular complexity index is 180. The lowest BCUT2D eigenvalue weighted by Gasteiger charge is -2.13. The fourth-order valence-corrected chi connectivity index (χ4v) is 0.987. The molecule has 0 saturated heterocycles. The number of methoxy groups -OCH3 is 2. The smallest absolute Gasteiger partial charge is 0.332 e. The molecule has 0 heterocycles. The van der Waals surface area contributed by atoms with Crippen LogP contribution in [0.3, 0.4) is 0 Å². The van der Waals surface area contributed by atoms with Gasteiger partial charge in [-0.15, -0.1) is 0 Å². The summed E-state index contributed by atoms with van der Waals surface area (Å²) in [6.45, 7) is 0. The summed E-state index contributed by atoms with van der Waals surface area (Å²) in [5.41, 5.74) is 0. The molecule has 14 heavy (non-hydrogen) atoms. The molecule has 0 aliphatic heterocycles. The summed E-state index contributed by atoms with van der Waals surface area (Å²) >= 11 is 0. The molecule has 2 unspecified atom stereocenters. The Morgan fingerprint density at radius 1 is 1.00 bits per heavy atom. The van der Waals surface area contributed by atoms with Gasteiger partial charge in [0.15, 0.2) is 12.2 Å². The highest BCUT2D eigenvalue weighted by atomic mass is 16.5. The lowest BCUT2D eigenvalue weighted by atomic mass is 10.1. The van der Waals surface area contributed by atoms with E-state index in [0.717, 1.165) is 0 Å². The molecule has 0 aliphatic rings. The van der Waals surface area contributed by atoms with E-state index in [4.69, 9.17) is 10.2 Å². The van der Waals surface area contributed by atoms with Gasteiger partial charge < -0.3 is 19.7 Å². The number of carbonyl (C=O) groups is 2. The van der Waals surface area contributed by atoms with Gasteiger partial charge in [0.2, 0.25) is 0 Å². The summed E-state index contributed by atoms with van der Waals surface area (Å²) < 4.78 is 9.28. The van der Waals surface area contributed by atoms with Crippen molar-refractivity contribution in [2.75, 3.05) is 14.2 Å². The molecule has 0 fully saturated rings. The first-order chi connectivity index (χ1) is 6.52. The average Bonchev–Trinajstić information content (AvgIpc) is 2.11. The third-order valence-electron chi connectivity index (χ3n) is 1.81. The second-order valence-corrected chi connectivity index (χ2v) is 2.70. The number of ether oxygens (including phenoxy) is 2. The molecular formula is C8H14O6. The molecule has 0 aliphatic carbocycles. The summed E-state index contributed by atoms with van der Waals surface area (Å²) in [7, 11) is 2.53. The highest BCUT2D eigenvalue weighted by Crippen LogP contribution is 2.07. The Hall–Kier alpha value is -1.14. The largest absolute Gasteiger partial charge is 0.479 e. The van der Waals surface area contributed by atoms with E-state index in [1.807, 2.05) is 0 Å². The van der Waals surface area contributed by atoms with Gasteiger partial charge in [0, 0.05) is 14.2 Å². The number of hydrogen-bond donors (Lipinski definition) is 2. The lowest BCUT2D eigenvalue weighted by Crippen LogP contribution is -2.28. The molecule has 0 radical (unpaired) electrons. The third kappa shape index (κ3) is 4.20. The van der Waals surface area contributed by atoms with Crippen molar-refractivity contribution >= 4 is 11.9 Å². The molecule has 0 spiro atoms. The van der Waals surface area contributed by atoms with Crippen LogP contribution in [0.2, 0.25) is 0 Å². The van der Waals surface area contributed by atoms with Crippen LogP contribution in [0.4, 0.5) is 0 Å². The van der Waals surface area contributed by atoms with E-state index in [9.17, 15) is 9.59 Å². The average molecular weight is 206 g/mol. The van der Waals surface area contributed by atoms with Crippen molar-refractivity contribution in [2.24, 2.45) is 0 Å². The highest BCUT2D eigenvalue weighted by molar-refractivity contribution is 5.73. The van der Waals surface area contributed by atoms with Crippen LogP contribution >= 0.6 is 0 Å². The Morgan fingerprint density at radius 2 is 1.29 bits per heavy atom. The van der Waals surface area contributed by atoms with Crippen molar-refractivity contribution in [1.82, 2.24) is 0 Å². The highest BCUT2D eigenvalue weighted by Gasteiger charge is 2.22. The van der Waals surface area contributed by atoms with Crippen LogP contribution in [0, 0.1) is 0 Å². The summed E-state index contributed by atoms with van der Waals surface area (Å²) in [4.78, 5) is 21.0. The van der Waals surface area contributed by atoms with E-state index < -0.39 is 24.1 Å². The van der Waals surface area contributed by atoms with E-state index >= 15 is 0 Å². The fourth-order valence-electron chi connectivity index (χ4n) is 0.987. The lowest BCUT2D eigenvalue weighted by molar-refractivity contribution is -0.153. The Morgan fingerprint density at radius 3 is 1.43 bits per heavy atom. The van der Waals surface area contributed by atoms with Crippen molar-refractivity contribution in [1.29, 1.82) is 0 Å². The van der Waals surface area contributed by atoms with E-state index in [1.54, 1.807) is 0 Å². The SMILES string of the molecule is COC(CCC(OC)C(=O)O)C(=O)O. The number of carboxylic acid groups (broad SMARTS) is 2. The van der Waals surface area contributed by atoms with Crippen molar-refractivity contribution in [3.63, 3.8) is 0 Å². The predicted octanol–water partition coefficient (Wildman–Crippen LogP) is -0.0342. The van der Waals surface area contributed by atoms with Gasteiger partial charge in [0.1, 0.15) is 0 Å². The monoisotopic (exact) mass is 206 g/mol. The van der Waals surface area contributed by atoms with Gasteiger partial charge in [-0.1, -0.05) is 0 Å². The second-order valence-electron chi connectivity index (χ2n) is 2.70. The van der Waals surface area contributed by atoms with Crippen LogP contribution in [0.25, 0.3) is 0 Å². The molecule has 0 aromatic heterocycles. The van der Waals surface area contributed by atoms with Gasteiger partial charge in [-0.25, -0.2) is 9.59 Å². The third-order valence-corrected chi connectivity index (χ3v) is 1.81. The first-order valence-corrected chi connectivity index (χ1v) is 4.04. The molecule has 0 bridgehead atoms. The Labute approximate surface area is 81.4 Å². The molecule has 6 heteroatoms. The molecule has 82 valence electrons. The summed E-state index contributed by atoms with van der Waals surface area (Å²) in [6.07, 6.45) is -1.74.